The van der Waals surface area contributed by atoms with Gasteiger partial charge in [0.1, 0.15) is 42.7 Å². The van der Waals surface area contributed by atoms with Gasteiger partial charge in [-0.25, -0.2) is 4.79 Å². The van der Waals surface area contributed by atoms with Gasteiger partial charge in [-0.3, -0.25) is 4.79 Å². The number of carbonyl (C=O) groups excluding carboxylic acids is 2. The molecule has 0 saturated carbocycles. The molecule has 8 atom stereocenters. The van der Waals surface area contributed by atoms with E-state index in [9.17, 15) is 30.0 Å². The second-order valence-corrected chi connectivity index (χ2v) is 12.1. The molecule has 1 amide bonds. The number of nitrogens with one attached hydrogen (secondary N) is 1. The summed E-state index contributed by atoms with van der Waals surface area (Å²) >= 11 is 0. The van der Waals surface area contributed by atoms with Gasteiger partial charge in [-0.2, -0.15) is 0 Å². The summed E-state index contributed by atoms with van der Waals surface area (Å²) in [6.07, 6.45) is -2.53. The summed E-state index contributed by atoms with van der Waals surface area (Å²) in [5, 5.41) is 51.0. The van der Waals surface area contributed by atoms with Crippen LogP contribution in [0.4, 0.5) is 0 Å². The first-order chi connectivity index (χ1) is 22.7. The Labute approximate surface area is 271 Å². The molecule has 6 rings (SSSR count). The fraction of sp³-hybridized carbons (Fsp3) is 0.471. The van der Waals surface area contributed by atoms with Crippen molar-refractivity contribution in [3.05, 3.63) is 88.5 Å². The highest BCUT2D eigenvalue weighted by Crippen LogP contribution is 2.45. The summed E-state index contributed by atoms with van der Waals surface area (Å²) in [5.41, 5.74) is 3.66. The van der Waals surface area contributed by atoms with Gasteiger partial charge in [0.15, 0.2) is 12.1 Å². The molecule has 6 N–H and O–H groups in total. The second-order valence-electron chi connectivity index (χ2n) is 12.1. The van der Waals surface area contributed by atoms with Crippen LogP contribution in [-0.4, -0.2) is 119 Å². The average Bonchev–Trinajstić information content (AvgIpc) is 3.63. The molecule has 0 unspecified atom stereocenters. The van der Waals surface area contributed by atoms with E-state index in [-0.39, 0.29) is 32.1 Å². The molecule has 13 heteroatoms. The second kappa shape index (κ2) is 14.3. The lowest BCUT2D eigenvalue weighted by Gasteiger charge is -2.39. The predicted molar refractivity (Wildman–Crippen MR) is 164 cm³/mol. The van der Waals surface area contributed by atoms with Crippen molar-refractivity contribution >= 4 is 18.0 Å². The smallest absolute Gasteiger partial charge is 0.338 e. The Bertz CT molecular complexity index is 1470. The van der Waals surface area contributed by atoms with Gasteiger partial charge in [0.2, 0.25) is 5.91 Å². The Morgan fingerprint density at radius 3 is 2.36 bits per heavy atom. The van der Waals surface area contributed by atoms with Gasteiger partial charge in [0.05, 0.1) is 25.4 Å². The summed E-state index contributed by atoms with van der Waals surface area (Å²) in [6, 6.07) is 14.6. The number of ether oxygens (including phenoxy) is 5. The minimum atomic E-state index is -1.53. The fourth-order valence-corrected chi connectivity index (χ4v) is 6.42. The van der Waals surface area contributed by atoms with E-state index in [4.69, 9.17) is 28.8 Å². The molecule has 2 fully saturated rings. The number of aliphatic hydroxyl groups is 5. The highest BCUT2D eigenvalue weighted by Gasteiger charge is 2.55. The van der Waals surface area contributed by atoms with Crippen LogP contribution in [-0.2, 0) is 41.3 Å². The lowest BCUT2D eigenvalue weighted by molar-refractivity contribution is -0.298. The predicted octanol–water partition coefficient (Wildman–Crippen LogP) is -0.241. The SMILES string of the molecule is O=C(NCCO)C1=C[C@H]2OC3(Cc4ccccc4C3)O[C@H]2[C@H](OC(=O)c2ccc(C=CCO[C@H]3O[C@H](CO)[C@H](O)[C@H](O)[C@H]3O)cc2)C1. The highest BCUT2D eigenvalue weighted by atomic mass is 16.8. The van der Waals surface area contributed by atoms with Crippen LogP contribution in [0.2, 0.25) is 0 Å². The first-order valence-electron chi connectivity index (χ1n) is 15.6. The van der Waals surface area contributed by atoms with Crippen molar-refractivity contribution in [1.82, 2.24) is 5.32 Å². The van der Waals surface area contributed by atoms with E-state index >= 15 is 0 Å². The zero-order valence-corrected chi connectivity index (χ0v) is 25.5. The monoisotopic (exact) mass is 653 g/mol. The molecule has 2 saturated heterocycles. The van der Waals surface area contributed by atoms with Crippen LogP contribution in [0, 0.1) is 0 Å². The Morgan fingerprint density at radius 1 is 0.957 bits per heavy atom. The maximum atomic E-state index is 13.3. The zero-order chi connectivity index (χ0) is 33.1. The molecular formula is C34H39NO12. The van der Waals surface area contributed by atoms with E-state index in [0.717, 1.165) is 16.7 Å². The largest absolute Gasteiger partial charge is 0.456 e. The van der Waals surface area contributed by atoms with Crippen molar-refractivity contribution in [2.45, 2.75) is 74.1 Å². The minimum Gasteiger partial charge on any atom is -0.456 e. The molecule has 2 aromatic carbocycles. The van der Waals surface area contributed by atoms with Crippen LogP contribution in [0.15, 0.2) is 66.3 Å². The quantitative estimate of drug-likeness (QED) is 0.185. The maximum absolute atomic E-state index is 13.3. The van der Waals surface area contributed by atoms with Crippen molar-refractivity contribution in [3.63, 3.8) is 0 Å². The number of aliphatic hydroxyl groups excluding tert-OH is 5. The number of benzene rings is 2. The number of esters is 1. The third-order valence-corrected chi connectivity index (χ3v) is 8.83. The van der Waals surface area contributed by atoms with Crippen molar-refractivity contribution in [3.8, 4) is 0 Å². The molecule has 2 aliphatic heterocycles. The van der Waals surface area contributed by atoms with E-state index in [1.807, 2.05) is 24.3 Å². The third kappa shape index (κ3) is 7.18. The standard InChI is InChI=1S/C34H39NO12/c36-12-11-35-31(41)23-14-24(30-25(15-23)46-34(47-30)16-21-5-1-2-6-22(21)17-34)44-32(42)20-9-7-19(8-10-20)4-3-13-43-33-29(40)28(39)27(38)26(18-37)45-33/h1-10,15,24-30,33,36-40H,11-14,16-18H2,(H,35,41)/t24-,25-,26-,27+,28+,29-,30+,33+/m1/s1. The van der Waals surface area contributed by atoms with Crippen molar-refractivity contribution < 1.29 is 58.8 Å². The molecule has 2 aromatic rings. The fourth-order valence-electron chi connectivity index (χ4n) is 6.42. The van der Waals surface area contributed by atoms with Crippen molar-refractivity contribution in [2.75, 3.05) is 26.4 Å². The number of carbonyl (C=O) groups is 2. The van der Waals surface area contributed by atoms with E-state index in [1.165, 1.54) is 0 Å². The van der Waals surface area contributed by atoms with Crippen LogP contribution in [0.1, 0.15) is 33.5 Å². The lowest BCUT2D eigenvalue weighted by Crippen LogP contribution is -2.59. The number of hydrogen-bond acceptors (Lipinski definition) is 12. The van der Waals surface area contributed by atoms with Crippen LogP contribution in [0.3, 0.4) is 0 Å². The lowest BCUT2D eigenvalue weighted by atomic mass is 9.91. The van der Waals surface area contributed by atoms with E-state index in [2.05, 4.69) is 5.32 Å². The first kappa shape index (κ1) is 33.4. The van der Waals surface area contributed by atoms with Gasteiger partial charge >= 0.3 is 5.97 Å². The van der Waals surface area contributed by atoms with Gasteiger partial charge in [0, 0.05) is 31.4 Å². The molecule has 0 aromatic heterocycles. The summed E-state index contributed by atoms with van der Waals surface area (Å²) in [5.74, 6) is -1.88. The van der Waals surface area contributed by atoms with Gasteiger partial charge < -0.3 is 54.5 Å². The molecule has 2 heterocycles. The number of rotatable bonds is 10. The topological polar surface area (TPSA) is 193 Å². The molecule has 0 radical (unpaired) electrons. The van der Waals surface area contributed by atoms with Gasteiger partial charge in [0.25, 0.3) is 0 Å². The summed E-state index contributed by atoms with van der Waals surface area (Å²) in [6.45, 7) is -0.675. The van der Waals surface area contributed by atoms with Gasteiger partial charge in [-0.1, -0.05) is 48.6 Å². The summed E-state index contributed by atoms with van der Waals surface area (Å²) in [4.78, 5) is 26.2. The van der Waals surface area contributed by atoms with E-state index in [0.29, 0.717) is 24.0 Å². The average molecular weight is 654 g/mol. The number of amides is 1. The van der Waals surface area contributed by atoms with Crippen molar-refractivity contribution in [1.29, 1.82) is 0 Å². The van der Waals surface area contributed by atoms with Gasteiger partial charge in [-0.15, -0.1) is 0 Å². The molecule has 0 bridgehead atoms. The van der Waals surface area contributed by atoms with Crippen LogP contribution < -0.4 is 5.32 Å². The van der Waals surface area contributed by atoms with Crippen molar-refractivity contribution in [2.24, 2.45) is 0 Å². The Hall–Kier alpha value is -3.50. The molecule has 13 nitrogen and oxygen atoms in total. The third-order valence-electron chi connectivity index (χ3n) is 8.83. The van der Waals surface area contributed by atoms with Crippen LogP contribution >= 0.6 is 0 Å². The summed E-state index contributed by atoms with van der Waals surface area (Å²) < 4.78 is 29.7. The van der Waals surface area contributed by atoms with Crippen LogP contribution in [0.5, 0.6) is 0 Å². The number of fused-ring (bicyclic) bond motifs is 2. The summed E-state index contributed by atoms with van der Waals surface area (Å²) in [7, 11) is 0. The van der Waals surface area contributed by atoms with Gasteiger partial charge in [-0.05, 0) is 34.9 Å². The number of hydrogen-bond donors (Lipinski definition) is 6. The highest BCUT2D eigenvalue weighted by molar-refractivity contribution is 5.94. The zero-order valence-electron chi connectivity index (χ0n) is 25.5. The molecule has 1 spiro atoms. The minimum absolute atomic E-state index is 0.00685. The molecule has 2 aliphatic carbocycles. The van der Waals surface area contributed by atoms with E-state index < -0.39 is 67.4 Å². The Kier molecular flexibility index (Phi) is 10.2. The molecule has 252 valence electrons. The maximum Gasteiger partial charge on any atom is 0.338 e. The van der Waals surface area contributed by atoms with E-state index in [1.54, 1.807) is 42.5 Å². The molecule has 4 aliphatic rings. The first-order valence-corrected chi connectivity index (χ1v) is 15.6. The van der Waals surface area contributed by atoms with Crippen LogP contribution in [0.25, 0.3) is 6.08 Å². The normalized spacial score (nSPS) is 31.0. The Morgan fingerprint density at radius 2 is 1.68 bits per heavy atom. The molecular weight excluding hydrogens is 614 g/mol. The molecule has 47 heavy (non-hydrogen) atoms. The Balaban J connectivity index is 1.08.